The molecule has 7 heteroatoms. The highest BCUT2D eigenvalue weighted by Crippen LogP contribution is 2.36. The van der Waals surface area contributed by atoms with Gasteiger partial charge in [-0.05, 0) is 24.3 Å². The van der Waals surface area contributed by atoms with Crippen molar-refractivity contribution in [1.29, 1.82) is 0 Å². The molecule has 3 aromatic rings. The number of halogens is 1. The number of non-ortho nitro benzene ring substituents is 1. The van der Waals surface area contributed by atoms with Gasteiger partial charge >= 0.3 is 0 Å². The van der Waals surface area contributed by atoms with Crippen molar-refractivity contribution < 1.29 is 10.0 Å². The first kappa shape index (κ1) is 12.8. The molecular weight excluding hydrogens is 302 g/mol. The molecule has 0 spiro atoms. The standard InChI is InChI=1S/C13H6ClNO4S/c14-8-2-3-9(15(18)19)13-11(8)12(17)7-5-6(16)1-4-10(7)20-13/h1-5,16H. The third-order valence-corrected chi connectivity index (χ3v) is 4.44. The van der Waals surface area contributed by atoms with Crippen LogP contribution in [0.4, 0.5) is 5.69 Å². The molecule has 5 nitrogen and oxygen atoms in total. The molecule has 0 saturated heterocycles. The second-order valence-corrected chi connectivity index (χ2v) is 5.60. The Morgan fingerprint density at radius 3 is 2.70 bits per heavy atom. The molecule has 100 valence electrons. The lowest BCUT2D eigenvalue weighted by Crippen LogP contribution is -2.03. The molecule has 0 atom stereocenters. The van der Waals surface area contributed by atoms with Crippen LogP contribution in [0.25, 0.3) is 20.2 Å². The minimum atomic E-state index is -0.541. The molecule has 0 bridgehead atoms. The lowest BCUT2D eigenvalue weighted by atomic mass is 10.1. The van der Waals surface area contributed by atoms with Gasteiger partial charge in [0.15, 0.2) is 5.43 Å². The number of nitro benzene ring substituents is 1. The van der Waals surface area contributed by atoms with Crippen LogP contribution in [0.2, 0.25) is 5.02 Å². The molecule has 1 heterocycles. The summed E-state index contributed by atoms with van der Waals surface area (Å²) < 4.78 is 0.802. The van der Waals surface area contributed by atoms with Crippen molar-refractivity contribution in [1.82, 2.24) is 0 Å². The summed E-state index contributed by atoms with van der Waals surface area (Å²) in [5.41, 5.74) is -0.570. The lowest BCUT2D eigenvalue weighted by molar-refractivity contribution is -0.382. The Hall–Kier alpha value is -2.18. The fourth-order valence-corrected chi connectivity index (χ4v) is 3.50. The SMILES string of the molecule is O=c1c2cc(O)ccc2sc2c([N+](=O)[O-])ccc(Cl)c12. The van der Waals surface area contributed by atoms with E-state index in [0.29, 0.717) is 10.1 Å². The fraction of sp³-hybridized carbons (Fsp3) is 0. The molecule has 2 aromatic carbocycles. The van der Waals surface area contributed by atoms with E-state index >= 15 is 0 Å². The van der Waals surface area contributed by atoms with Crippen LogP contribution in [-0.2, 0) is 0 Å². The molecule has 1 N–H and O–H groups in total. The number of hydrogen-bond acceptors (Lipinski definition) is 5. The quantitative estimate of drug-likeness (QED) is 0.422. The highest BCUT2D eigenvalue weighted by Gasteiger charge is 2.19. The zero-order chi connectivity index (χ0) is 14.4. The number of hydrogen-bond donors (Lipinski definition) is 1. The smallest absolute Gasteiger partial charge is 0.287 e. The number of rotatable bonds is 1. The lowest BCUT2D eigenvalue weighted by Gasteiger charge is -2.04. The van der Waals surface area contributed by atoms with E-state index in [9.17, 15) is 20.0 Å². The summed E-state index contributed by atoms with van der Waals surface area (Å²) in [7, 11) is 0. The number of aromatic hydroxyl groups is 1. The van der Waals surface area contributed by atoms with Gasteiger partial charge < -0.3 is 5.11 Å². The molecule has 0 aliphatic rings. The Balaban J connectivity index is 2.62. The second-order valence-electron chi connectivity index (χ2n) is 4.14. The molecule has 0 amide bonds. The van der Waals surface area contributed by atoms with E-state index in [1.807, 2.05) is 0 Å². The van der Waals surface area contributed by atoms with Gasteiger partial charge in [-0.15, -0.1) is 11.3 Å². The molecule has 0 aliphatic carbocycles. The molecule has 1 aromatic heterocycles. The van der Waals surface area contributed by atoms with Crippen LogP contribution in [0.1, 0.15) is 0 Å². The first-order chi connectivity index (χ1) is 9.49. The average molecular weight is 308 g/mol. The molecular formula is C13H6ClNO4S. The van der Waals surface area contributed by atoms with Crippen molar-refractivity contribution in [3.63, 3.8) is 0 Å². The number of nitrogens with zero attached hydrogens (tertiary/aromatic N) is 1. The Morgan fingerprint density at radius 2 is 2.00 bits per heavy atom. The molecule has 0 radical (unpaired) electrons. The minimum Gasteiger partial charge on any atom is -0.508 e. The Labute approximate surface area is 120 Å². The Kier molecular flexibility index (Phi) is 2.84. The van der Waals surface area contributed by atoms with Crippen molar-refractivity contribution in [2.45, 2.75) is 0 Å². The second kappa shape index (κ2) is 4.43. The largest absolute Gasteiger partial charge is 0.508 e. The number of phenols is 1. The van der Waals surface area contributed by atoms with Crippen molar-refractivity contribution in [2.24, 2.45) is 0 Å². The van der Waals surface area contributed by atoms with E-state index in [1.165, 1.54) is 24.3 Å². The van der Waals surface area contributed by atoms with E-state index in [2.05, 4.69) is 0 Å². The maximum absolute atomic E-state index is 12.4. The summed E-state index contributed by atoms with van der Waals surface area (Å²) in [5.74, 6) is -0.0392. The first-order valence-corrected chi connectivity index (χ1v) is 6.71. The van der Waals surface area contributed by atoms with Crippen molar-refractivity contribution in [2.75, 3.05) is 0 Å². The topological polar surface area (TPSA) is 80.4 Å². The van der Waals surface area contributed by atoms with Gasteiger partial charge in [0.2, 0.25) is 0 Å². The highest BCUT2D eigenvalue weighted by atomic mass is 35.5. The third kappa shape index (κ3) is 1.81. The Morgan fingerprint density at radius 1 is 1.25 bits per heavy atom. The highest BCUT2D eigenvalue weighted by molar-refractivity contribution is 7.25. The van der Waals surface area contributed by atoms with Crippen LogP contribution >= 0.6 is 22.9 Å². The van der Waals surface area contributed by atoms with Crippen LogP contribution in [0.15, 0.2) is 35.1 Å². The van der Waals surface area contributed by atoms with Crippen molar-refractivity contribution >= 4 is 48.8 Å². The maximum atomic E-state index is 12.4. The molecule has 0 saturated carbocycles. The molecule has 20 heavy (non-hydrogen) atoms. The summed E-state index contributed by atoms with van der Waals surface area (Å²) in [4.78, 5) is 22.9. The molecule has 3 rings (SSSR count). The number of benzene rings is 2. The normalized spacial score (nSPS) is 11.1. The van der Waals surface area contributed by atoms with Gasteiger partial charge in [0.25, 0.3) is 5.69 Å². The molecule has 0 aliphatic heterocycles. The van der Waals surface area contributed by atoms with Gasteiger partial charge in [0.05, 0.1) is 15.3 Å². The van der Waals surface area contributed by atoms with Crippen molar-refractivity contribution in [3.05, 3.63) is 55.7 Å². The van der Waals surface area contributed by atoms with Crippen LogP contribution < -0.4 is 5.43 Å². The summed E-state index contributed by atoms with van der Waals surface area (Å²) in [5, 5.41) is 21.1. The predicted molar refractivity (Wildman–Crippen MR) is 78.9 cm³/mol. The van der Waals surface area contributed by atoms with Gasteiger partial charge in [-0.25, -0.2) is 0 Å². The van der Waals surface area contributed by atoms with E-state index < -0.39 is 10.4 Å². The van der Waals surface area contributed by atoms with E-state index in [-0.39, 0.29) is 26.5 Å². The van der Waals surface area contributed by atoms with Gasteiger partial charge in [-0.1, -0.05) is 11.6 Å². The van der Waals surface area contributed by atoms with Gasteiger partial charge in [0.1, 0.15) is 10.4 Å². The monoisotopic (exact) mass is 307 g/mol. The number of nitro groups is 1. The molecule has 0 unspecified atom stereocenters. The van der Waals surface area contributed by atoms with E-state index in [0.717, 1.165) is 11.3 Å². The predicted octanol–water partition coefficient (Wildman–Crippen LogP) is 3.68. The summed E-state index contributed by atoms with van der Waals surface area (Å²) in [6.45, 7) is 0. The maximum Gasteiger partial charge on any atom is 0.287 e. The van der Waals surface area contributed by atoms with Crippen LogP contribution in [0, 0.1) is 10.1 Å². The summed E-state index contributed by atoms with van der Waals surface area (Å²) in [6, 6.07) is 6.95. The molecule has 0 fully saturated rings. The van der Waals surface area contributed by atoms with Gasteiger partial charge in [-0.3, -0.25) is 14.9 Å². The third-order valence-electron chi connectivity index (χ3n) is 2.93. The summed E-state index contributed by atoms with van der Waals surface area (Å²) >= 11 is 7.11. The van der Waals surface area contributed by atoms with Crippen molar-refractivity contribution in [3.8, 4) is 5.75 Å². The minimum absolute atomic E-state index is 0.0392. The first-order valence-electron chi connectivity index (χ1n) is 5.51. The van der Waals surface area contributed by atoms with Gasteiger partial charge in [-0.2, -0.15) is 0 Å². The van der Waals surface area contributed by atoms with Gasteiger partial charge in [0, 0.05) is 16.2 Å². The van der Waals surface area contributed by atoms with Crippen LogP contribution in [0.3, 0.4) is 0 Å². The fourth-order valence-electron chi connectivity index (χ4n) is 2.04. The number of phenolic OH excluding ortho intramolecular Hbond substituents is 1. The zero-order valence-corrected chi connectivity index (χ0v) is 11.4. The zero-order valence-electron chi connectivity index (χ0n) is 9.79. The van der Waals surface area contributed by atoms with E-state index in [1.54, 1.807) is 6.07 Å². The summed E-state index contributed by atoms with van der Waals surface area (Å²) in [6.07, 6.45) is 0. The van der Waals surface area contributed by atoms with Crippen LogP contribution in [-0.4, -0.2) is 10.0 Å². The Bertz CT molecular complexity index is 935. The van der Waals surface area contributed by atoms with Crippen LogP contribution in [0.5, 0.6) is 5.75 Å². The average Bonchev–Trinajstić information content (AvgIpc) is 2.39. The number of fused-ring (bicyclic) bond motifs is 2. The van der Waals surface area contributed by atoms with E-state index in [4.69, 9.17) is 11.6 Å².